The minimum Gasteiger partial charge on any atom is -0.394 e. The van der Waals surface area contributed by atoms with Crippen molar-refractivity contribution < 1.29 is 19.4 Å². The highest BCUT2D eigenvalue weighted by Gasteiger charge is 2.32. The van der Waals surface area contributed by atoms with E-state index in [4.69, 9.17) is 26.8 Å². The molecule has 0 unspecified atom stereocenters. The molecule has 3 heterocycles. The number of nitrogens with zero attached hydrogens (tertiary/aromatic N) is 3. The van der Waals surface area contributed by atoms with Gasteiger partial charge in [-0.15, -0.1) is 0 Å². The molecule has 0 aromatic carbocycles. The lowest BCUT2D eigenvalue weighted by molar-refractivity contribution is -0.122. The summed E-state index contributed by atoms with van der Waals surface area (Å²) in [6.45, 7) is 3.75. The summed E-state index contributed by atoms with van der Waals surface area (Å²) < 4.78 is 12.2. The van der Waals surface area contributed by atoms with Gasteiger partial charge in [0.05, 0.1) is 30.3 Å². The van der Waals surface area contributed by atoms with Crippen molar-refractivity contribution >= 4 is 51.7 Å². The van der Waals surface area contributed by atoms with Crippen LogP contribution in [0.15, 0.2) is 28.0 Å². The molecule has 32 heavy (non-hydrogen) atoms. The van der Waals surface area contributed by atoms with Crippen LogP contribution in [0, 0.1) is 6.92 Å². The van der Waals surface area contributed by atoms with E-state index in [1.807, 2.05) is 13.0 Å². The molecule has 172 valence electrons. The number of nitrogens with one attached hydrogen (secondary N) is 1. The maximum absolute atomic E-state index is 13.3. The second-order valence-corrected chi connectivity index (χ2v) is 8.73. The van der Waals surface area contributed by atoms with E-state index >= 15 is 0 Å². The Kier molecular flexibility index (Phi) is 8.76. The number of ether oxygens (including phenoxy) is 2. The van der Waals surface area contributed by atoms with Crippen LogP contribution in [0.4, 0.5) is 5.82 Å². The van der Waals surface area contributed by atoms with Crippen molar-refractivity contribution in [1.82, 2.24) is 14.3 Å². The zero-order valence-electron chi connectivity index (χ0n) is 18.0. The summed E-state index contributed by atoms with van der Waals surface area (Å²) in [6.07, 6.45) is 3.93. The molecular formula is C21H26N4O5S2. The van der Waals surface area contributed by atoms with Gasteiger partial charge in [0.15, 0.2) is 0 Å². The second-order valence-electron chi connectivity index (χ2n) is 7.06. The maximum atomic E-state index is 13.3. The van der Waals surface area contributed by atoms with Gasteiger partial charge in [0.2, 0.25) is 0 Å². The summed E-state index contributed by atoms with van der Waals surface area (Å²) in [6, 6.07) is 3.64. The van der Waals surface area contributed by atoms with Crippen LogP contribution in [0.2, 0.25) is 0 Å². The van der Waals surface area contributed by atoms with Gasteiger partial charge < -0.3 is 19.9 Å². The molecule has 2 aromatic heterocycles. The molecule has 0 saturated carbocycles. The predicted molar refractivity (Wildman–Crippen MR) is 129 cm³/mol. The smallest absolute Gasteiger partial charge is 0.267 e. The van der Waals surface area contributed by atoms with Crippen LogP contribution in [-0.4, -0.2) is 76.2 Å². The van der Waals surface area contributed by atoms with Gasteiger partial charge in [-0.25, -0.2) is 4.98 Å². The zero-order chi connectivity index (χ0) is 23.1. The lowest BCUT2D eigenvalue weighted by Crippen LogP contribution is -2.29. The minimum atomic E-state index is -0.290. The number of aliphatic hydroxyl groups is 1. The normalized spacial score (nSPS) is 15.3. The fourth-order valence-corrected chi connectivity index (χ4v) is 4.41. The molecule has 1 saturated heterocycles. The SMILES string of the molecule is COCCCN1C(=O)/C(=C/c2c(NCCOCCO)nc3ccc(C)cn3c2=O)SC1=S. The number of thioether (sulfide) groups is 1. The van der Waals surface area contributed by atoms with E-state index in [-0.39, 0.29) is 30.2 Å². The average Bonchev–Trinajstić information content (AvgIpc) is 3.04. The molecule has 1 aliphatic rings. The summed E-state index contributed by atoms with van der Waals surface area (Å²) in [5.41, 5.74) is 1.38. The van der Waals surface area contributed by atoms with Crippen molar-refractivity contribution in [3.8, 4) is 0 Å². The van der Waals surface area contributed by atoms with Gasteiger partial charge in [0.1, 0.15) is 15.8 Å². The lowest BCUT2D eigenvalue weighted by Gasteiger charge is -2.13. The fraction of sp³-hybridized carbons (Fsp3) is 0.429. The van der Waals surface area contributed by atoms with Crippen molar-refractivity contribution in [2.24, 2.45) is 0 Å². The van der Waals surface area contributed by atoms with Crippen molar-refractivity contribution in [2.75, 3.05) is 51.9 Å². The number of amides is 1. The van der Waals surface area contributed by atoms with E-state index in [0.717, 1.165) is 5.56 Å². The number of anilines is 1. The molecule has 2 aromatic rings. The van der Waals surface area contributed by atoms with Crippen LogP contribution >= 0.6 is 24.0 Å². The molecule has 0 aliphatic carbocycles. The number of fused-ring (bicyclic) bond motifs is 1. The number of hydrogen-bond donors (Lipinski definition) is 2. The second kappa shape index (κ2) is 11.5. The Balaban J connectivity index is 1.95. The third-order valence-corrected chi connectivity index (χ3v) is 6.04. The van der Waals surface area contributed by atoms with Gasteiger partial charge in [-0.3, -0.25) is 18.9 Å². The van der Waals surface area contributed by atoms with Crippen molar-refractivity contribution in [1.29, 1.82) is 0 Å². The van der Waals surface area contributed by atoms with Gasteiger partial charge in [-0.1, -0.05) is 30.0 Å². The molecule has 0 radical (unpaired) electrons. The summed E-state index contributed by atoms with van der Waals surface area (Å²) in [5, 5.41) is 11.9. The molecule has 1 amide bonds. The number of carbonyl (C=O) groups is 1. The predicted octanol–water partition coefficient (Wildman–Crippen LogP) is 1.66. The molecule has 11 heteroatoms. The molecule has 3 rings (SSSR count). The van der Waals surface area contributed by atoms with Crippen LogP contribution < -0.4 is 10.9 Å². The Labute approximate surface area is 195 Å². The number of aryl methyl sites for hydroxylation is 1. The van der Waals surface area contributed by atoms with Crippen LogP contribution in [-0.2, 0) is 14.3 Å². The van der Waals surface area contributed by atoms with Crippen LogP contribution in [0.1, 0.15) is 17.5 Å². The van der Waals surface area contributed by atoms with Crippen molar-refractivity contribution in [3.05, 3.63) is 44.7 Å². The Morgan fingerprint density at radius 3 is 2.84 bits per heavy atom. The molecule has 0 atom stereocenters. The molecule has 9 nitrogen and oxygen atoms in total. The maximum Gasteiger partial charge on any atom is 0.267 e. The molecule has 2 N–H and O–H groups in total. The summed E-state index contributed by atoms with van der Waals surface area (Å²) in [7, 11) is 1.61. The first-order valence-electron chi connectivity index (χ1n) is 10.2. The molecule has 0 bridgehead atoms. The number of pyridine rings is 1. The standard InChI is InChI=1S/C21H26N4O5S2/c1-14-4-5-17-23-18(22-6-10-30-11-8-26)15(19(27)25(17)13-14)12-16-20(28)24(21(31)32-16)7-3-9-29-2/h4-5,12-13,22,26H,3,6-11H2,1-2H3/b16-12-. The molecule has 0 spiro atoms. The van der Waals surface area contributed by atoms with Crippen molar-refractivity contribution in [3.63, 3.8) is 0 Å². The number of hydrogen-bond acceptors (Lipinski definition) is 9. The number of methoxy groups -OCH3 is 1. The fourth-order valence-electron chi connectivity index (χ4n) is 3.12. The lowest BCUT2D eigenvalue weighted by atomic mass is 10.2. The molecule has 1 fully saturated rings. The van der Waals surface area contributed by atoms with Gasteiger partial charge in [0, 0.05) is 33.0 Å². The minimum absolute atomic E-state index is 0.0631. The van der Waals surface area contributed by atoms with Gasteiger partial charge in [-0.05, 0) is 31.1 Å². The van der Waals surface area contributed by atoms with E-state index in [0.29, 0.717) is 53.4 Å². The van der Waals surface area contributed by atoms with Crippen LogP contribution in [0.5, 0.6) is 0 Å². The first-order chi connectivity index (χ1) is 15.5. The highest BCUT2D eigenvalue weighted by Crippen LogP contribution is 2.33. The monoisotopic (exact) mass is 478 g/mol. The summed E-state index contributed by atoms with van der Waals surface area (Å²) in [5.74, 6) is 0.123. The van der Waals surface area contributed by atoms with Crippen LogP contribution in [0.25, 0.3) is 11.7 Å². The largest absolute Gasteiger partial charge is 0.394 e. The van der Waals surface area contributed by atoms with Crippen molar-refractivity contribution in [2.45, 2.75) is 13.3 Å². The highest BCUT2D eigenvalue weighted by molar-refractivity contribution is 8.26. The summed E-state index contributed by atoms with van der Waals surface area (Å²) in [4.78, 5) is 32.7. The van der Waals surface area contributed by atoms with E-state index in [1.165, 1.54) is 21.1 Å². The average molecular weight is 479 g/mol. The van der Waals surface area contributed by atoms with E-state index in [9.17, 15) is 9.59 Å². The van der Waals surface area contributed by atoms with E-state index < -0.39 is 0 Å². The van der Waals surface area contributed by atoms with E-state index in [2.05, 4.69) is 10.3 Å². The highest BCUT2D eigenvalue weighted by atomic mass is 32.2. The molecular weight excluding hydrogens is 452 g/mol. The number of aromatic nitrogens is 2. The zero-order valence-corrected chi connectivity index (χ0v) is 19.6. The Bertz CT molecular complexity index is 1090. The number of aliphatic hydroxyl groups excluding tert-OH is 1. The van der Waals surface area contributed by atoms with E-state index in [1.54, 1.807) is 25.4 Å². The quantitative estimate of drug-likeness (QED) is 0.283. The number of rotatable bonds is 11. The Morgan fingerprint density at radius 2 is 2.09 bits per heavy atom. The van der Waals surface area contributed by atoms with Gasteiger partial charge in [-0.2, -0.15) is 0 Å². The summed E-state index contributed by atoms with van der Waals surface area (Å²) >= 11 is 6.53. The number of carbonyl (C=O) groups excluding carboxylic acids is 1. The van der Waals surface area contributed by atoms with Gasteiger partial charge in [0.25, 0.3) is 11.5 Å². The topological polar surface area (TPSA) is 105 Å². The third kappa shape index (κ3) is 5.73. The first kappa shape index (κ1) is 24.3. The van der Waals surface area contributed by atoms with Crippen LogP contribution in [0.3, 0.4) is 0 Å². The number of thiocarbonyl (C=S) groups is 1. The van der Waals surface area contributed by atoms with Gasteiger partial charge >= 0.3 is 0 Å². The Morgan fingerprint density at radius 1 is 1.28 bits per heavy atom. The third-order valence-electron chi connectivity index (χ3n) is 4.66. The Hall–Kier alpha value is -2.31. The first-order valence-corrected chi connectivity index (χ1v) is 11.4. The molecule has 1 aliphatic heterocycles.